The van der Waals surface area contributed by atoms with Gasteiger partial charge in [-0.15, -0.1) is 0 Å². The van der Waals surface area contributed by atoms with Crippen molar-refractivity contribution in [2.75, 3.05) is 0 Å². The second-order valence-electron chi connectivity index (χ2n) is 9.96. The first-order valence-corrected chi connectivity index (χ1v) is 13.2. The van der Waals surface area contributed by atoms with Gasteiger partial charge >= 0.3 is 0 Å². The van der Waals surface area contributed by atoms with Gasteiger partial charge in [0.25, 0.3) is 0 Å². The molecule has 9 aromatic rings. The molecule has 0 N–H and O–H groups in total. The van der Waals surface area contributed by atoms with Crippen molar-refractivity contribution in [3.8, 4) is 0 Å². The summed E-state index contributed by atoms with van der Waals surface area (Å²) < 4.78 is 4.58. The summed E-state index contributed by atoms with van der Waals surface area (Å²) in [6, 6.07) is 34.0. The summed E-state index contributed by atoms with van der Waals surface area (Å²) in [6.45, 7) is 0. The van der Waals surface area contributed by atoms with Gasteiger partial charge < -0.3 is 0 Å². The Morgan fingerprint density at radius 2 is 0.850 bits per heavy atom. The van der Waals surface area contributed by atoms with E-state index in [0.29, 0.717) is 0 Å². The van der Waals surface area contributed by atoms with Crippen molar-refractivity contribution in [1.29, 1.82) is 0 Å². The number of aromatic nitrogens is 6. The number of benzene rings is 4. The zero-order valence-corrected chi connectivity index (χ0v) is 21.2. The van der Waals surface area contributed by atoms with Crippen LogP contribution in [0.5, 0.6) is 0 Å². The van der Waals surface area contributed by atoms with E-state index < -0.39 is 0 Å². The van der Waals surface area contributed by atoms with Crippen LogP contribution in [0.15, 0.2) is 122 Å². The average molecular weight is 513 g/mol. The Hall–Kier alpha value is -5.62. The van der Waals surface area contributed by atoms with Crippen molar-refractivity contribution < 1.29 is 0 Å². The van der Waals surface area contributed by atoms with Crippen LogP contribution >= 0.6 is 0 Å². The Morgan fingerprint density at radius 1 is 0.425 bits per heavy atom. The lowest BCUT2D eigenvalue weighted by molar-refractivity contribution is 0.997. The molecule has 0 radical (unpaired) electrons. The van der Waals surface area contributed by atoms with Crippen LogP contribution in [0.2, 0.25) is 0 Å². The molecule has 0 spiro atoms. The predicted molar refractivity (Wildman–Crippen MR) is 159 cm³/mol. The zero-order chi connectivity index (χ0) is 26.2. The Bertz CT molecular complexity index is 2300. The molecule has 0 fully saturated rings. The first kappa shape index (κ1) is 21.3. The first-order valence-electron chi connectivity index (χ1n) is 13.2. The highest BCUT2D eigenvalue weighted by atomic mass is 15.1. The van der Waals surface area contributed by atoms with Gasteiger partial charge in [0.05, 0.1) is 11.0 Å². The summed E-state index contributed by atoms with van der Waals surface area (Å²) in [4.78, 5) is 19.5. The van der Waals surface area contributed by atoms with Crippen LogP contribution in [-0.4, -0.2) is 28.7 Å². The number of rotatable bonds is 2. The molecule has 186 valence electrons. The summed E-state index contributed by atoms with van der Waals surface area (Å²) in [5.74, 6) is 0. The van der Waals surface area contributed by atoms with E-state index in [1.54, 1.807) is 24.8 Å². The number of hydrogen-bond acceptors (Lipinski definition) is 4. The van der Waals surface area contributed by atoms with Gasteiger partial charge in [-0.3, -0.25) is 18.8 Å². The largest absolute Gasteiger partial charge is 0.276 e. The molecule has 0 unspecified atom stereocenters. The summed E-state index contributed by atoms with van der Waals surface area (Å²) in [7, 11) is 0. The third-order valence-electron chi connectivity index (χ3n) is 7.87. The van der Waals surface area contributed by atoms with Gasteiger partial charge in [0, 0.05) is 51.9 Å². The molecule has 0 saturated heterocycles. The van der Waals surface area contributed by atoms with Crippen molar-refractivity contribution in [1.82, 2.24) is 28.7 Å². The van der Waals surface area contributed by atoms with Crippen LogP contribution in [-0.2, 0) is 0 Å². The predicted octanol–water partition coefficient (Wildman–Crippen LogP) is 6.35. The van der Waals surface area contributed by atoms with E-state index in [2.05, 4.69) is 106 Å². The highest BCUT2D eigenvalue weighted by Gasteiger charge is 2.23. The van der Waals surface area contributed by atoms with Crippen molar-refractivity contribution >= 4 is 60.5 Å². The molecule has 9 rings (SSSR count). The fraction of sp³-hybridized carbons (Fsp3) is 0. The average Bonchev–Trinajstić information content (AvgIpc) is 3.50. The van der Waals surface area contributed by atoms with Gasteiger partial charge in [-0.1, -0.05) is 97.1 Å². The maximum absolute atomic E-state index is 4.93. The fourth-order valence-electron chi connectivity index (χ4n) is 6.34. The van der Waals surface area contributed by atoms with Crippen molar-refractivity contribution in [2.24, 2.45) is 0 Å². The minimum atomic E-state index is 0.802. The SMILES string of the molecule is c1ccc(C(c2ccccc2)=c2n3c4nccnc4c4cccc(c5cccc6c7nccnc7n2c56)c43)cc1. The van der Waals surface area contributed by atoms with Gasteiger partial charge in [-0.25, -0.2) is 9.97 Å². The van der Waals surface area contributed by atoms with E-state index in [1.165, 1.54) is 0 Å². The van der Waals surface area contributed by atoms with Crippen LogP contribution in [0.25, 0.3) is 60.5 Å². The molecule has 40 heavy (non-hydrogen) atoms. The molecule has 0 saturated carbocycles. The van der Waals surface area contributed by atoms with E-state index >= 15 is 0 Å². The lowest BCUT2D eigenvalue weighted by atomic mass is 9.98. The second kappa shape index (κ2) is 7.94. The molecule has 0 aliphatic heterocycles. The fourth-order valence-corrected chi connectivity index (χ4v) is 6.34. The topological polar surface area (TPSA) is 60.4 Å². The molecule has 6 heteroatoms. The minimum Gasteiger partial charge on any atom is -0.276 e. The number of fused-ring (bicyclic) bond motifs is 7. The highest BCUT2D eigenvalue weighted by molar-refractivity contribution is 6.22. The molecular formula is C34H20N6. The summed E-state index contributed by atoms with van der Waals surface area (Å²) in [5, 5.41) is 4.39. The van der Waals surface area contributed by atoms with Gasteiger partial charge in [-0.05, 0) is 11.1 Å². The Kier molecular flexibility index (Phi) is 4.24. The number of hydrogen-bond donors (Lipinski definition) is 0. The van der Waals surface area contributed by atoms with Crippen LogP contribution in [0.4, 0.5) is 0 Å². The minimum absolute atomic E-state index is 0.802. The third-order valence-corrected chi connectivity index (χ3v) is 7.87. The number of nitrogens with zero attached hydrogens (tertiary/aromatic N) is 6. The molecule has 0 aliphatic rings. The summed E-state index contributed by atoms with van der Waals surface area (Å²) in [5.41, 5.74) is 9.72. The van der Waals surface area contributed by atoms with Crippen molar-refractivity contribution in [3.63, 3.8) is 0 Å². The quantitative estimate of drug-likeness (QED) is 0.271. The Labute approximate surface area is 227 Å². The van der Waals surface area contributed by atoms with Gasteiger partial charge in [-0.2, -0.15) is 0 Å². The molecule has 4 aromatic carbocycles. The third kappa shape index (κ3) is 2.71. The second-order valence-corrected chi connectivity index (χ2v) is 9.96. The van der Waals surface area contributed by atoms with E-state index in [9.17, 15) is 0 Å². The van der Waals surface area contributed by atoms with Gasteiger partial charge in [0.1, 0.15) is 16.5 Å². The molecule has 0 aliphatic carbocycles. The van der Waals surface area contributed by atoms with Gasteiger partial charge in [0.15, 0.2) is 11.3 Å². The first-order chi connectivity index (χ1) is 19.9. The van der Waals surface area contributed by atoms with Crippen LogP contribution in [0.3, 0.4) is 0 Å². The molecule has 5 heterocycles. The zero-order valence-electron chi connectivity index (χ0n) is 21.2. The monoisotopic (exact) mass is 512 g/mol. The molecular weight excluding hydrogens is 492 g/mol. The van der Waals surface area contributed by atoms with Crippen LogP contribution < -0.4 is 5.48 Å². The molecule has 0 amide bonds. The van der Waals surface area contributed by atoms with E-state index in [0.717, 1.165) is 77.1 Å². The Balaban J connectivity index is 1.79. The smallest absolute Gasteiger partial charge is 0.165 e. The summed E-state index contributed by atoms with van der Waals surface area (Å²) >= 11 is 0. The maximum atomic E-state index is 4.93. The lowest BCUT2D eigenvalue weighted by Gasteiger charge is -2.11. The molecule has 0 bridgehead atoms. The highest BCUT2D eigenvalue weighted by Crippen LogP contribution is 2.36. The van der Waals surface area contributed by atoms with Crippen LogP contribution in [0, 0.1) is 0 Å². The molecule has 0 atom stereocenters. The van der Waals surface area contributed by atoms with E-state index in [4.69, 9.17) is 19.9 Å². The summed E-state index contributed by atoms with van der Waals surface area (Å²) in [6.07, 6.45) is 7.08. The Morgan fingerprint density at radius 3 is 1.32 bits per heavy atom. The standard InChI is InChI=1S/C34H20N6/c1-3-9-21(10-4-1)27(22-11-5-2-6-12-22)34-39-30-23(13-7-15-25(30)28-32(39)37-19-17-35-28)24-14-8-16-26-29-33(38-20-18-36-29)40(34)31(24)26/h1-20H. The van der Waals surface area contributed by atoms with Crippen molar-refractivity contribution in [2.45, 2.75) is 0 Å². The van der Waals surface area contributed by atoms with Gasteiger partial charge in [0.2, 0.25) is 0 Å². The lowest BCUT2D eigenvalue weighted by Crippen LogP contribution is -2.25. The van der Waals surface area contributed by atoms with Crippen molar-refractivity contribution in [3.05, 3.63) is 138 Å². The normalized spacial score (nSPS) is 12.0. The van der Waals surface area contributed by atoms with Crippen LogP contribution in [0.1, 0.15) is 11.1 Å². The van der Waals surface area contributed by atoms with E-state index in [-0.39, 0.29) is 0 Å². The molecule has 6 nitrogen and oxygen atoms in total. The van der Waals surface area contributed by atoms with E-state index in [1.807, 2.05) is 0 Å². The molecule has 5 aromatic heterocycles. The maximum Gasteiger partial charge on any atom is 0.165 e. The number of para-hydroxylation sites is 2.